The molecule has 6 nitrogen and oxygen atoms in total. The summed E-state index contributed by atoms with van der Waals surface area (Å²) in [6.45, 7) is 4.92. The number of hydrogen-bond donors (Lipinski definition) is 1. The first-order valence-corrected chi connectivity index (χ1v) is 10.5. The Morgan fingerprint density at radius 2 is 1.97 bits per heavy atom. The van der Waals surface area contributed by atoms with Crippen LogP contribution in [0, 0.1) is 25.2 Å². The molecule has 7 heteroatoms. The molecule has 1 atom stereocenters. The molecular weight excluding hydrogens is 404 g/mol. The number of hydrogen-bond acceptors (Lipinski definition) is 5. The number of ether oxygens (including phenoxy) is 1. The summed E-state index contributed by atoms with van der Waals surface area (Å²) in [4.78, 5) is 26.1. The molecule has 1 heterocycles. The second kappa shape index (κ2) is 8.93. The first-order chi connectivity index (χ1) is 14.3. The van der Waals surface area contributed by atoms with Gasteiger partial charge in [-0.1, -0.05) is 30.9 Å². The van der Waals surface area contributed by atoms with Crippen molar-refractivity contribution in [1.82, 2.24) is 4.57 Å². The molecule has 158 valence electrons. The third-order valence-electron chi connectivity index (χ3n) is 5.74. The van der Waals surface area contributed by atoms with Crippen LogP contribution in [0.2, 0.25) is 5.02 Å². The predicted octanol–water partition coefficient (Wildman–Crippen LogP) is 4.85. The van der Waals surface area contributed by atoms with E-state index >= 15 is 0 Å². The third-order valence-corrected chi connectivity index (χ3v) is 6.17. The van der Waals surface area contributed by atoms with Gasteiger partial charge in [0, 0.05) is 11.1 Å². The predicted molar refractivity (Wildman–Crippen MR) is 115 cm³/mol. The number of Topliss-reactive ketones (excluding diaryl/α,β-unsaturated/α-hetero) is 1. The van der Waals surface area contributed by atoms with Crippen molar-refractivity contribution in [3.8, 4) is 17.7 Å². The zero-order chi connectivity index (χ0) is 22.0. The number of nitrogens with zero attached hydrogens (tertiary/aromatic N) is 2. The van der Waals surface area contributed by atoms with E-state index in [1.807, 2.05) is 13.0 Å². The van der Waals surface area contributed by atoms with Gasteiger partial charge in [0.15, 0.2) is 6.10 Å². The lowest BCUT2D eigenvalue weighted by atomic mass is 9.93. The van der Waals surface area contributed by atoms with E-state index in [4.69, 9.17) is 16.3 Å². The Morgan fingerprint density at radius 3 is 2.57 bits per heavy atom. The van der Waals surface area contributed by atoms with Gasteiger partial charge in [0.05, 0.1) is 5.56 Å². The van der Waals surface area contributed by atoms with Gasteiger partial charge in [-0.15, -0.1) is 0 Å². The van der Waals surface area contributed by atoms with E-state index in [1.165, 1.54) is 11.5 Å². The van der Waals surface area contributed by atoms with Crippen molar-refractivity contribution in [2.75, 3.05) is 0 Å². The number of benzene rings is 1. The Hall–Kier alpha value is -2.78. The molecule has 0 bridgehead atoms. The van der Waals surface area contributed by atoms with E-state index in [0.717, 1.165) is 37.7 Å². The largest absolute Gasteiger partial charge is 0.494 e. The summed E-state index contributed by atoms with van der Waals surface area (Å²) < 4.78 is 7.01. The Bertz CT molecular complexity index is 1080. The van der Waals surface area contributed by atoms with Crippen molar-refractivity contribution >= 4 is 17.4 Å². The molecule has 3 rings (SSSR count). The molecule has 1 aliphatic rings. The SMILES string of the molecule is Cc1cc(OC(C)C(=O)c2c(C)c(C#N)c(=O)n(C3CCCCC3)c2O)ccc1Cl. The zero-order valence-electron chi connectivity index (χ0n) is 17.4. The quantitative estimate of drug-likeness (QED) is 0.687. The molecule has 1 aromatic heterocycles. The van der Waals surface area contributed by atoms with Crippen LogP contribution in [0.5, 0.6) is 11.6 Å². The maximum absolute atomic E-state index is 13.2. The molecule has 0 amide bonds. The molecule has 0 saturated heterocycles. The van der Waals surface area contributed by atoms with Gasteiger partial charge in [-0.25, -0.2) is 0 Å². The van der Waals surface area contributed by atoms with Crippen LogP contribution in [0.15, 0.2) is 23.0 Å². The number of carbonyl (C=O) groups excluding carboxylic acids is 1. The standard InChI is InChI=1S/C23H25ClN2O4/c1-13-11-17(9-10-19(13)24)30-15(3)21(27)20-14(2)18(12-25)22(28)26(23(20)29)16-7-5-4-6-8-16/h9-11,15-16,29H,4-8H2,1-3H3. The third kappa shape index (κ3) is 4.08. The number of carbonyl (C=O) groups is 1. The van der Waals surface area contributed by atoms with Crippen molar-refractivity contribution in [2.45, 2.75) is 65.0 Å². The van der Waals surface area contributed by atoms with Gasteiger partial charge in [0.25, 0.3) is 5.56 Å². The Labute approximate surface area is 180 Å². The van der Waals surface area contributed by atoms with Crippen LogP contribution in [0.1, 0.15) is 72.1 Å². The van der Waals surface area contributed by atoms with Crippen LogP contribution in [0.25, 0.3) is 0 Å². The highest BCUT2D eigenvalue weighted by molar-refractivity contribution is 6.31. The van der Waals surface area contributed by atoms with Gasteiger partial charge in [0.1, 0.15) is 17.4 Å². The Balaban J connectivity index is 2.03. The summed E-state index contributed by atoms with van der Waals surface area (Å²) in [5.74, 6) is -0.397. The maximum Gasteiger partial charge on any atom is 0.271 e. The average Bonchev–Trinajstić information content (AvgIpc) is 2.71. The molecule has 0 aliphatic heterocycles. The molecule has 1 unspecified atom stereocenters. The highest BCUT2D eigenvalue weighted by atomic mass is 35.5. The molecule has 0 spiro atoms. The van der Waals surface area contributed by atoms with Crippen LogP contribution >= 0.6 is 11.6 Å². The number of rotatable bonds is 5. The molecule has 0 radical (unpaired) electrons. The molecule has 1 saturated carbocycles. The van der Waals surface area contributed by atoms with Crippen LogP contribution in [-0.4, -0.2) is 21.6 Å². The van der Waals surface area contributed by atoms with Crippen LogP contribution in [-0.2, 0) is 0 Å². The highest BCUT2D eigenvalue weighted by Crippen LogP contribution is 2.33. The van der Waals surface area contributed by atoms with E-state index in [9.17, 15) is 20.0 Å². The van der Waals surface area contributed by atoms with Crippen molar-refractivity contribution in [3.63, 3.8) is 0 Å². The molecular formula is C23H25ClN2O4. The number of nitriles is 1. The van der Waals surface area contributed by atoms with Gasteiger partial charge in [-0.05, 0) is 62.9 Å². The number of aromatic hydroxyl groups is 1. The van der Waals surface area contributed by atoms with Gasteiger partial charge in [0.2, 0.25) is 11.7 Å². The Kier molecular flexibility index (Phi) is 6.52. The van der Waals surface area contributed by atoms with E-state index in [-0.39, 0.29) is 28.6 Å². The van der Waals surface area contributed by atoms with E-state index in [2.05, 4.69) is 0 Å². The van der Waals surface area contributed by atoms with Gasteiger partial charge in [-0.2, -0.15) is 5.26 Å². The fourth-order valence-corrected chi connectivity index (χ4v) is 4.16. The van der Waals surface area contributed by atoms with Gasteiger partial charge < -0.3 is 9.84 Å². The number of ketones is 1. The number of halogens is 1. The van der Waals surface area contributed by atoms with E-state index in [1.54, 1.807) is 25.1 Å². The minimum Gasteiger partial charge on any atom is -0.494 e. The first kappa shape index (κ1) is 21.9. The summed E-state index contributed by atoms with van der Waals surface area (Å²) in [7, 11) is 0. The van der Waals surface area contributed by atoms with Crippen LogP contribution < -0.4 is 10.3 Å². The van der Waals surface area contributed by atoms with E-state index < -0.39 is 17.4 Å². The van der Waals surface area contributed by atoms with E-state index in [0.29, 0.717) is 10.8 Å². The monoisotopic (exact) mass is 428 g/mol. The number of pyridine rings is 1. The fraction of sp³-hybridized carbons (Fsp3) is 0.435. The summed E-state index contributed by atoms with van der Waals surface area (Å²) >= 11 is 6.04. The van der Waals surface area contributed by atoms with Crippen molar-refractivity contribution in [1.29, 1.82) is 5.26 Å². The van der Waals surface area contributed by atoms with Crippen molar-refractivity contribution in [2.24, 2.45) is 0 Å². The summed E-state index contributed by atoms with van der Waals surface area (Å²) in [5.41, 5.74) is 0.300. The molecule has 2 aromatic rings. The smallest absolute Gasteiger partial charge is 0.271 e. The lowest BCUT2D eigenvalue weighted by molar-refractivity contribution is 0.0811. The van der Waals surface area contributed by atoms with Gasteiger partial charge >= 0.3 is 0 Å². The lowest BCUT2D eigenvalue weighted by Gasteiger charge is -2.27. The van der Waals surface area contributed by atoms with Crippen LogP contribution in [0.3, 0.4) is 0 Å². The highest BCUT2D eigenvalue weighted by Gasteiger charge is 2.31. The number of aromatic nitrogens is 1. The summed E-state index contributed by atoms with van der Waals surface area (Å²) in [6, 6.07) is 6.76. The fourth-order valence-electron chi connectivity index (χ4n) is 4.05. The second-order valence-electron chi connectivity index (χ2n) is 7.81. The molecule has 1 aromatic carbocycles. The Morgan fingerprint density at radius 1 is 1.30 bits per heavy atom. The van der Waals surface area contributed by atoms with Crippen molar-refractivity contribution < 1.29 is 14.6 Å². The lowest BCUT2D eigenvalue weighted by Crippen LogP contribution is -2.33. The number of aryl methyl sites for hydroxylation is 1. The van der Waals surface area contributed by atoms with Gasteiger partial charge in [-0.3, -0.25) is 14.2 Å². The van der Waals surface area contributed by atoms with Crippen molar-refractivity contribution in [3.05, 3.63) is 55.8 Å². The molecule has 1 aliphatic carbocycles. The maximum atomic E-state index is 13.2. The normalized spacial score (nSPS) is 15.4. The zero-order valence-corrected chi connectivity index (χ0v) is 18.1. The second-order valence-corrected chi connectivity index (χ2v) is 8.22. The first-order valence-electron chi connectivity index (χ1n) is 10.1. The average molecular weight is 429 g/mol. The summed E-state index contributed by atoms with van der Waals surface area (Å²) in [5, 5.41) is 21.1. The molecule has 30 heavy (non-hydrogen) atoms. The minimum absolute atomic E-state index is 0.0325. The minimum atomic E-state index is -0.931. The molecule has 1 fully saturated rings. The van der Waals surface area contributed by atoms with Crippen LogP contribution in [0.4, 0.5) is 0 Å². The topological polar surface area (TPSA) is 92.3 Å². The summed E-state index contributed by atoms with van der Waals surface area (Å²) in [6.07, 6.45) is 3.46. The molecule has 1 N–H and O–H groups in total.